The van der Waals surface area contributed by atoms with Gasteiger partial charge in [0, 0.05) is 31.2 Å². The molecule has 5 nitrogen and oxygen atoms in total. The number of aliphatic carboxylic acids is 1. The first-order valence-electron chi connectivity index (χ1n) is 5.53. The van der Waals surface area contributed by atoms with Crippen molar-refractivity contribution in [2.45, 2.75) is 6.92 Å². The van der Waals surface area contributed by atoms with Crippen molar-refractivity contribution in [3.8, 4) is 0 Å². The standard InChI is InChI=1S/C12H19N3O2/c1-10-8-13-5-4-11(10)15(9-12(16)17)7-6-14(2)3/h4-5,8H,6-7,9H2,1-3H3,(H,16,17). The summed E-state index contributed by atoms with van der Waals surface area (Å²) in [5.41, 5.74) is 1.93. The average Bonchev–Trinajstić information content (AvgIpc) is 2.24. The highest BCUT2D eigenvalue weighted by atomic mass is 16.4. The molecular formula is C12H19N3O2. The highest BCUT2D eigenvalue weighted by Crippen LogP contribution is 2.17. The van der Waals surface area contributed by atoms with Crippen molar-refractivity contribution in [2.75, 3.05) is 38.6 Å². The topological polar surface area (TPSA) is 56.7 Å². The van der Waals surface area contributed by atoms with Gasteiger partial charge in [0.25, 0.3) is 0 Å². The summed E-state index contributed by atoms with van der Waals surface area (Å²) in [6.45, 7) is 3.45. The fourth-order valence-electron chi connectivity index (χ4n) is 1.59. The fraction of sp³-hybridized carbons (Fsp3) is 0.500. The van der Waals surface area contributed by atoms with Crippen LogP contribution in [0.4, 0.5) is 5.69 Å². The molecule has 0 fully saturated rings. The molecule has 0 unspecified atom stereocenters. The Kier molecular flexibility index (Phi) is 4.90. The number of aryl methyl sites for hydroxylation is 1. The van der Waals surface area contributed by atoms with Crippen LogP contribution in [0.1, 0.15) is 5.56 Å². The number of carboxylic acids is 1. The van der Waals surface area contributed by atoms with Crippen molar-refractivity contribution >= 4 is 11.7 Å². The normalized spacial score (nSPS) is 10.6. The minimum Gasteiger partial charge on any atom is -0.480 e. The van der Waals surface area contributed by atoms with Gasteiger partial charge in [0.2, 0.25) is 0 Å². The van der Waals surface area contributed by atoms with E-state index in [1.165, 1.54) is 0 Å². The van der Waals surface area contributed by atoms with Crippen LogP contribution in [-0.2, 0) is 4.79 Å². The third kappa shape index (κ3) is 4.40. The predicted molar refractivity (Wildman–Crippen MR) is 67.4 cm³/mol. The number of likely N-dealkylation sites (N-methyl/N-ethyl adjacent to an activating group) is 1. The summed E-state index contributed by atoms with van der Waals surface area (Å²) in [6, 6.07) is 1.86. The highest BCUT2D eigenvalue weighted by Gasteiger charge is 2.12. The number of hydrogen-bond acceptors (Lipinski definition) is 4. The summed E-state index contributed by atoms with van der Waals surface area (Å²) in [5, 5.41) is 8.93. The molecule has 0 aromatic carbocycles. The van der Waals surface area contributed by atoms with Crippen LogP contribution in [0.2, 0.25) is 0 Å². The van der Waals surface area contributed by atoms with Gasteiger partial charge in [-0.15, -0.1) is 0 Å². The van der Waals surface area contributed by atoms with Crippen molar-refractivity contribution in [3.63, 3.8) is 0 Å². The summed E-state index contributed by atoms with van der Waals surface area (Å²) >= 11 is 0. The maximum Gasteiger partial charge on any atom is 0.323 e. The van der Waals surface area contributed by atoms with Gasteiger partial charge in [-0.3, -0.25) is 9.78 Å². The molecule has 0 aliphatic heterocycles. The maximum atomic E-state index is 10.9. The smallest absolute Gasteiger partial charge is 0.323 e. The van der Waals surface area contributed by atoms with Crippen LogP contribution in [0, 0.1) is 6.92 Å². The van der Waals surface area contributed by atoms with Crippen LogP contribution in [-0.4, -0.2) is 54.7 Å². The molecule has 1 N–H and O–H groups in total. The monoisotopic (exact) mass is 237 g/mol. The van der Waals surface area contributed by atoms with E-state index in [4.69, 9.17) is 5.11 Å². The van der Waals surface area contributed by atoms with E-state index < -0.39 is 5.97 Å². The van der Waals surface area contributed by atoms with Crippen LogP contribution in [0.15, 0.2) is 18.5 Å². The number of carboxylic acid groups (broad SMARTS) is 1. The van der Waals surface area contributed by atoms with E-state index in [1.807, 2.05) is 36.9 Å². The van der Waals surface area contributed by atoms with Gasteiger partial charge < -0.3 is 14.9 Å². The summed E-state index contributed by atoms with van der Waals surface area (Å²) in [5.74, 6) is -0.819. The number of nitrogens with zero attached hydrogens (tertiary/aromatic N) is 3. The van der Waals surface area contributed by atoms with Crippen molar-refractivity contribution in [1.29, 1.82) is 0 Å². The van der Waals surface area contributed by atoms with Crippen LogP contribution >= 0.6 is 0 Å². The van der Waals surface area contributed by atoms with E-state index in [9.17, 15) is 4.79 Å². The second-order valence-electron chi connectivity index (χ2n) is 4.28. The minimum absolute atomic E-state index is 0.0126. The van der Waals surface area contributed by atoms with Gasteiger partial charge in [-0.2, -0.15) is 0 Å². The molecule has 1 aromatic rings. The lowest BCUT2D eigenvalue weighted by molar-refractivity contribution is -0.135. The van der Waals surface area contributed by atoms with Gasteiger partial charge in [0.05, 0.1) is 0 Å². The Bertz CT molecular complexity index is 380. The maximum absolute atomic E-state index is 10.9. The Labute approximate surface area is 102 Å². The van der Waals surface area contributed by atoms with Crippen LogP contribution in [0.5, 0.6) is 0 Å². The Balaban J connectivity index is 2.82. The molecule has 0 spiro atoms. The Hall–Kier alpha value is -1.62. The van der Waals surface area contributed by atoms with Crippen LogP contribution in [0.25, 0.3) is 0 Å². The van der Waals surface area contributed by atoms with Crippen molar-refractivity contribution in [1.82, 2.24) is 9.88 Å². The molecule has 1 rings (SSSR count). The van der Waals surface area contributed by atoms with Crippen LogP contribution in [0.3, 0.4) is 0 Å². The number of aromatic nitrogens is 1. The third-order valence-corrected chi connectivity index (χ3v) is 2.47. The summed E-state index contributed by atoms with van der Waals surface area (Å²) in [6.07, 6.45) is 3.44. The van der Waals surface area contributed by atoms with E-state index >= 15 is 0 Å². The lowest BCUT2D eigenvalue weighted by Crippen LogP contribution is -2.36. The Morgan fingerprint density at radius 3 is 2.65 bits per heavy atom. The van der Waals surface area contributed by atoms with Gasteiger partial charge in [-0.05, 0) is 32.6 Å². The van der Waals surface area contributed by atoms with E-state index in [-0.39, 0.29) is 6.54 Å². The number of hydrogen-bond donors (Lipinski definition) is 1. The molecule has 0 aliphatic carbocycles. The van der Waals surface area contributed by atoms with Gasteiger partial charge in [-0.25, -0.2) is 0 Å². The molecule has 0 radical (unpaired) electrons. The lowest BCUT2D eigenvalue weighted by atomic mass is 10.2. The Morgan fingerprint density at radius 2 is 2.12 bits per heavy atom. The Morgan fingerprint density at radius 1 is 1.41 bits per heavy atom. The molecule has 1 heterocycles. The highest BCUT2D eigenvalue weighted by molar-refractivity contribution is 5.74. The molecule has 0 atom stereocenters. The van der Waals surface area contributed by atoms with Gasteiger partial charge in [0.15, 0.2) is 0 Å². The second kappa shape index (κ2) is 6.20. The summed E-state index contributed by atoms with van der Waals surface area (Å²) < 4.78 is 0. The third-order valence-electron chi connectivity index (χ3n) is 2.47. The molecular weight excluding hydrogens is 218 g/mol. The fourth-order valence-corrected chi connectivity index (χ4v) is 1.59. The van der Waals surface area contributed by atoms with Gasteiger partial charge in [0.1, 0.15) is 6.54 Å². The zero-order chi connectivity index (χ0) is 12.8. The first-order chi connectivity index (χ1) is 8.00. The quantitative estimate of drug-likeness (QED) is 0.794. The van der Waals surface area contributed by atoms with Gasteiger partial charge in [-0.1, -0.05) is 0 Å². The number of rotatable bonds is 6. The van der Waals surface area contributed by atoms with Crippen molar-refractivity contribution in [3.05, 3.63) is 24.0 Å². The zero-order valence-electron chi connectivity index (χ0n) is 10.6. The summed E-state index contributed by atoms with van der Waals surface area (Å²) in [7, 11) is 3.94. The SMILES string of the molecule is Cc1cnccc1N(CCN(C)C)CC(=O)O. The molecule has 0 saturated carbocycles. The number of carbonyl (C=O) groups is 1. The van der Waals surface area contributed by atoms with Crippen molar-refractivity contribution in [2.24, 2.45) is 0 Å². The molecule has 0 aliphatic rings. The first-order valence-corrected chi connectivity index (χ1v) is 5.53. The molecule has 0 bridgehead atoms. The first kappa shape index (κ1) is 13.4. The van der Waals surface area contributed by atoms with E-state index in [0.717, 1.165) is 17.8 Å². The lowest BCUT2D eigenvalue weighted by Gasteiger charge is -2.25. The molecule has 94 valence electrons. The predicted octanol–water partition coefficient (Wildman–Crippen LogP) is 0.843. The van der Waals surface area contributed by atoms with Gasteiger partial charge >= 0.3 is 5.97 Å². The van der Waals surface area contributed by atoms with E-state index in [1.54, 1.807) is 12.4 Å². The van der Waals surface area contributed by atoms with Crippen LogP contribution < -0.4 is 4.90 Å². The zero-order valence-corrected chi connectivity index (χ0v) is 10.6. The van der Waals surface area contributed by atoms with E-state index in [0.29, 0.717) is 6.54 Å². The average molecular weight is 237 g/mol. The number of anilines is 1. The molecule has 0 saturated heterocycles. The molecule has 17 heavy (non-hydrogen) atoms. The largest absolute Gasteiger partial charge is 0.480 e. The molecule has 1 aromatic heterocycles. The van der Waals surface area contributed by atoms with Crippen molar-refractivity contribution < 1.29 is 9.90 Å². The second-order valence-corrected chi connectivity index (χ2v) is 4.28. The molecule has 0 amide bonds. The summed E-state index contributed by atoms with van der Waals surface area (Å²) in [4.78, 5) is 18.8. The molecule has 5 heteroatoms. The number of pyridine rings is 1. The minimum atomic E-state index is -0.819. The van der Waals surface area contributed by atoms with E-state index in [2.05, 4.69) is 4.98 Å².